The molecule has 0 saturated carbocycles. The fraction of sp³-hybridized carbons (Fsp3) is 0. The molecule has 108 valence electrons. The van der Waals surface area contributed by atoms with Gasteiger partial charge in [0.15, 0.2) is 10.8 Å². The highest BCUT2D eigenvalue weighted by atomic mass is 35.5. The van der Waals surface area contributed by atoms with Gasteiger partial charge in [0.25, 0.3) is 0 Å². The van der Waals surface area contributed by atoms with Gasteiger partial charge in [-0.2, -0.15) is 5.10 Å². The van der Waals surface area contributed by atoms with Crippen molar-refractivity contribution in [3.8, 4) is 0 Å². The molecule has 2 aromatic heterocycles. The number of hydrazone groups is 1. The van der Waals surface area contributed by atoms with Gasteiger partial charge in [0.1, 0.15) is 10.0 Å². The Balaban J connectivity index is 2.31. The summed E-state index contributed by atoms with van der Waals surface area (Å²) in [5, 5.41) is 12.5. The molecular formula is C12H7Cl3N4O2. The van der Waals surface area contributed by atoms with Crippen LogP contribution in [0, 0.1) is 0 Å². The summed E-state index contributed by atoms with van der Waals surface area (Å²) in [6, 6.07) is 3.52. The second-order valence-electron chi connectivity index (χ2n) is 3.72. The minimum Gasteiger partial charge on any atom is -0.476 e. The molecule has 0 aliphatic heterocycles. The minimum atomic E-state index is -1.32. The standard InChI is InChI=1S/C12H7Cl3N4O2/c13-7-9(8(14)11(15)18-10(7)12(20)21)19-17-5-6-2-1-3-16-4-6/h1-5H,(H,18,19)(H,20,21). The number of halogens is 3. The Morgan fingerprint density at radius 1 is 1.33 bits per heavy atom. The zero-order valence-corrected chi connectivity index (χ0v) is 12.5. The van der Waals surface area contributed by atoms with Gasteiger partial charge >= 0.3 is 5.97 Å². The molecule has 0 spiro atoms. The van der Waals surface area contributed by atoms with E-state index in [2.05, 4.69) is 20.5 Å². The molecule has 0 aromatic carbocycles. The minimum absolute atomic E-state index is 0.0185. The molecule has 0 unspecified atom stereocenters. The average Bonchev–Trinajstić information content (AvgIpc) is 2.47. The van der Waals surface area contributed by atoms with Crippen molar-refractivity contribution in [3.63, 3.8) is 0 Å². The predicted octanol–water partition coefficient (Wildman–Crippen LogP) is 3.58. The molecule has 2 aromatic rings. The van der Waals surface area contributed by atoms with Crippen LogP contribution in [0.3, 0.4) is 0 Å². The quantitative estimate of drug-likeness (QED) is 0.502. The fourth-order valence-electron chi connectivity index (χ4n) is 1.38. The average molecular weight is 346 g/mol. The molecule has 0 aliphatic carbocycles. The third-order valence-electron chi connectivity index (χ3n) is 2.31. The highest BCUT2D eigenvalue weighted by molar-refractivity contribution is 6.46. The van der Waals surface area contributed by atoms with E-state index in [0.717, 1.165) is 5.56 Å². The van der Waals surface area contributed by atoms with Gasteiger partial charge in [0.2, 0.25) is 0 Å². The summed E-state index contributed by atoms with van der Waals surface area (Å²) < 4.78 is 0. The van der Waals surface area contributed by atoms with Crippen LogP contribution in [0.25, 0.3) is 0 Å². The van der Waals surface area contributed by atoms with Crippen LogP contribution in [0.15, 0.2) is 29.6 Å². The SMILES string of the molecule is O=C(O)c1nc(Cl)c(Cl)c(NN=Cc2cccnc2)c1Cl. The van der Waals surface area contributed by atoms with Crippen LogP contribution in [0.1, 0.15) is 16.1 Å². The Morgan fingerprint density at radius 3 is 2.71 bits per heavy atom. The van der Waals surface area contributed by atoms with Gasteiger partial charge in [-0.25, -0.2) is 9.78 Å². The monoisotopic (exact) mass is 344 g/mol. The number of anilines is 1. The van der Waals surface area contributed by atoms with E-state index in [4.69, 9.17) is 39.9 Å². The van der Waals surface area contributed by atoms with Crippen LogP contribution in [-0.4, -0.2) is 27.3 Å². The Bertz CT molecular complexity index is 707. The van der Waals surface area contributed by atoms with Crippen molar-refractivity contribution in [2.75, 3.05) is 5.43 Å². The maximum Gasteiger partial charge on any atom is 0.356 e. The molecule has 0 amide bonds. The van der Waals surface area contributed by atoms with E-state index in [9.17, 15) is 4.79 Å². The molecule has 9 heteroatoms. The molecule has 21 heavy (non-hydrogen) atoms. The fourth-order valence-corrected chi connectivity index (χ4v) is 2.04. The zero-order chi connectivity index (χ0) is 15.4. The summed E-state index contributed by atoms with van der Waals surface area (Å²) in [6.07, 6.45) is 4.69. The van der Waals surface area contributed by atoms with E-state index in [1.54, 1.807) is 24.5 Å². The maximum atomic E-state index is 11.0. The summed E-state index contributed by atoms with van der Waals surface area (Å²) in [5.41, 5.74) is 2.94. The van der Waals surface area contributed by atoms with Crippen molar-refractivity contribution in [2.45, 2.75) is 0 Å². The number of carboxylic acid groups (broad SMARTS) is 1. The van der Waals surface area contributed by atoms with E-state index in [1.807, 2.05) is 0 Å². The zero-order valence-electron chi connectivity index (χ0n) is 10.2. The van der Waals surface area contributed by atoms with Crippen LogP contribution in [0.5, 0.6) is 0 Å². The number of aromatic carboxylic acids is 1. The lowest BCUT2D eigenvalue weighted by Gasteiger charge is -2.09. The number of carboxylic acids is 1. The Kier molecular flexibility index (Phi) is 4.95. The third-order valence-corrected chi connectivity index (χ3v) is 3.42. The summed E-state index contributed by atoms with van der Waals surface area (Å²) in [4.78, 5) is 18.5. The summed E-state index contributed by atoms with van der Waals surface area (Å²) in [6.45, 7) is 0. The van der Waals surface area contributed by atoms with E-state index in [-0.39, 0.29) is 20.9 Å². The van der Waals surface area contributed by atoms with Gasteiger partial charge in [-0.05, 0) is 6.07 Å². The van der Waals surface area contributed by atoms with Crippen molar-refractivity contribution in [2.24, 2.45) is 5.10 Å². The van der Waals surface area contributed by atoms with Crippen molar-refractivity contribution in [1.82, 2.24) is 9.97 Å². The van der Waals surface area contributed by atoms with Gasteiger partial charge in [-0.15, -0.1) is 0 Å². The van der Waals surface area contributed by atoms with E-state index >= 15 is 0 Å². The van der Waals surface area contributed by atoms with Crippen LogP contribution in [0.4, 0.5) is 5.69 Å². The van der Waals surface area contributed by atoms with Crippen molar-refractivity contribution >= 4 is 52.7 Å². The molecule has 2 heterocycles. The van der Waals surface area contributed by atoms with Crippen LogP contribution >= 0.6 is 34.8 Å². The molecule has 0 bridgehead atoms. The lowest BCUT2D eigenvalue weighted by Crippen LogP contribution is -2.05. The molecule has 0 fully saturated rings. The number of carbonyl (C=O) groups is 1. The molecule has 2 N–H and O–H groups in total. The topological polar surface area (TPSA) is 87.5 Å². The van der Waals surface area contributed by atoms with Crippen molar-refractivity contribution in [1.29, 1.82) is 0 Å². The van der Waals surface area contributed by atoms with E-state index in [0.29, 0.717) is 0 Å². The van der Waals surface area contributed by atoms with Crippen molar-refractivity contribution in [3.05, 3.63) is 51.0 Å². The molecule has 0 saturated heterocycles. The first-order valence-corrected chi connectivity index (χ1v) is 6.61. The Morgan fingerprint density at radius 2 is 2.10 bits per heavy atom. The third kappa shape index (κ3) is 3.60. The molecule has 2 rings (SSSR count). The second kappa shape index (κ2) is 6.71. The van der Waals surface area contributed by atoms with Gasteiger partial charge in [0, 0.05) is 18.0 Å². The smallest absolute Gasteiger partial charge is 0.356 e. The second-order valence-corrected chi connectivity index (χ2v) is 4.83. The number of nitrogens with one attached hydrogen (secondary N) is 1. The molecule has 0 atom stereocenters. The van der Waals surface area contributed by atoms with Gasteiger partial charge in [-0.1, -0.05) is 40.9 Å². The van der Waals surface area contributed by atoms with E-state index in [1.165, 1.54) is 6.21 Å². The molecule has 0 aliphatic rings. The molecule has 0 radical (unpaired) electrons. The van der Waals surface area contributed by atoms with Gasteiger partial charge < -0.3 is 5.11 Å². The Hall–Kier alpha value is -1.89. The number of pyridine rings is 2. The van der Waals surface area contributed by atoms with Gasteiger partial charge in [0.05, 0.1) is 11.9 Å². The largest absolute Gasteiger partial charge is 0.476 e. The number of rotatable bonds is 4. The van der Waals surface area contributed by atoms with Crippen molar-refractivity contribution < 1.29 is 9.90 Å². The predicted molar refractivity (Wildman–Crippen MR) is 81.7 cm³/mol. The number of aromatic nitrogens is 2. The highest BCUT2D eigenvalue weighted by Crippen LogP contribution is 2.36. The first kappa shape index (κ1) is 15.5. The first-order valence-electron chi connectivity index (χ1n) is 5.47. The molecule has 6 nitrogen and oxygen atoms in total. The van der Waals surface area contributed by atoms with Crippen LogP contribution < -0.4 is 5.43 Å². The molecular weight excluding hydrogens is 339 g/mol. The van der Waals surface area contributed by atoms with Crippen LogP contribution in [-0.2, 0) is 0 Å². The van der Waals surface area contributed by atoms with Crippen LogP contribution in [0.2, 0.25) is 15.2 Å². The number of hydrogen-bond donors (Lipinski definition) is 2. The lowest BCUT2D eigenvalue weighted by atomic mass is 10.3. The lowest BCUT2D eigenvalue weighted by molar-refractivity contribution is 0.0691. The highest BCUT2D eigenvalue weighted by Gasteiger charge is 2.20. The normalized spacial score (nSPS) is 10.8. The number of hydrogen-bond acceptors (Lipinski definition) is 5. The summed E-state index contributed by atoms with van der Waals surface area (Å²) in [7, 11) is 0. The van der Waals surface area contributed by atoms with Gasteiger partial charge in [-0.3, -0.25) is 10.4 Å². The summed E-state index contributed by atoms with van der Waals surface area (Å²) in [5.74, 6) is -1.32. The van der Waals surface area contributed by atoms with E-state index < -0.39 is 11.7 Å². The first-order chi connectivity index (χ1) is 10.0. The maximum absolute atomic E-state index is 11.0. The Labute approximate surface area is 134 Å². The number of nitrogens with zero attached hydrogens (tertiary/aromatic N) is 3. The summed E-state index contributed by atoms with van der Waals surface area (Å²) >= 11 is 17.6.